The van der Waals surface area contributed by atoms with E-state index in [1.165, 1.54) is 0 Å². The number of nitrogens with two attached hydrogens (primary N) is 1. The quantitative estimate of drug-likeness (QED) is 0.477. The molecule has 3 N–H and O–H groups in total. The molecule has 0 spiro atoms. The number of nitrogens with one attached hydrogen (secondary N) is 1. The molecule has 0 fully saturated rings. The first kappa shape index (κ1) is 19.5. The maximum absolute atomic E-state index is 12.4. The molecular formula is C16H31N3O2. The number of ether oxygens (including phenoxy) is 1. The fourth-order valence-electron chi connectivity index (χ4n) is 1.89. The van der Waals surface area contributed by atoms with E-state index in [1.54, 1.807) is 13.4 Å². The van der Waals surface area contributed by atoms with Crippen LogP contribution in [0.25, 0.3) is 0 Å². The fraction of sp³-hybridized carbons (Fsp3) is 0.688. The van der Waals surface area contributed by atoms with Gasteiger partial charge in [-0.1, -0.05) is 6.08 Å². The summed E-state index contributed by atoms with van der Waals surface area (Å²) in [6, 6.07) is 0. The van der Waals surface area contributed by atoms with Crippen molar-refractivity contribution >= 4 is 5.91 Å². The second-order valence-corrected chi connectivity index (χ2v) is 5.86. The molecule has 0 radical (unpaired) electrons. The normalized spacial score (nSPS) is 15.2. The lowest BCUT2D eigenvalue weighted by atomic mass is 9.84. The van der Waals surface area contributed by atoms with Crippen LogP contribution < -0.4 is 11.1 Å². The lowest BCUT2D eigenvalue weighted by Gasteiger charge is -2.24. The molecule has 1 amide bonds. The molecule has 122 valence electrons. The average Bonchev–Trinajstić information content (AvgIpc) is 2.40. The molecule has 0 aromatic heterocycles. The third-order valence-corrected chi connectivity index (χ3v) is 3.29. The maximum atomic E-state index is 12.4. The van der Waals surface area contributed by atoms with Gasteiger partial charge in [0.25, 0.3) is 0 Å². The summed E-state index contributed by atoms with van der Waals surface area (Å²) >= 11 is 0. The predicted octanol–water partition coefficient (Wildman–Crippen LogP) is 1.86. The van der Waals surface area contributed by atoms with Gasteiger partial charge in [-0.25, -0.2) is 0 Å². The summed E-state index contributed by atoms with van der Waals surface area (Å²) in [7, 11) is 5.62. The molecule has 5 heteroatoms. The number of hydrogen-bond donors (Lipinski definition) is 2. The van der Waals surface area contributed by atoms with Gasteiger partial charge >= 0.3 is 0 Å². The molecule has 0 aromatic rings. The number of methoxy groups -OCH3 is 1. The Labute approximate surface area is 129 Å². The van der Waals surface area contributed by atoms with Crippen molar-refractivity contribution in [1.29, 1.82) is 0 Å². The minimum Gasteiger partial charge on any atom is -0.505 e. The van der Waals surface area contributed by atoms with Crippen molar-refractivity contribution in [3.05, 3.63) is 24.1 Å². The lowest BCUT2D eigenvalue weighted by molar-refractivity contribution is -0.128. The van der Waals surface area contributed by atoms with Crippen molar-refractivity contribution in [3.63, 3.8) is 0 Å². The number of carbonyl (C=O) groups is 1. The van der Waals surface area contributed by atoms with Gasteiger partial charge in [-0.3, -0.25) is 4.79 Å². The summed E-state index contributed by atoms with van der Waals surface area (Å²) in [5.41, 5.74) is 5.83. The number of nitrogens with zero attached hydrogens (tertiary/aromatic N) is 1. The molecule has 0 saturated heterocycles. The Balaban J connectivity index is 4.53. The van der Waals surface area contributed by atoms with Gasteiger partial charge in [0, 0.05) is 12.2 Å². The third kappa shape index (κ3) is 9.13. The van der Waals surface area contributed by atoms with E-state index < -0.39 is 5.41 Å². The molecular weight excluding hydrogens is 266 g/mol. The van der Waals surface area contributed by atoms with Gasteiger partial charge in [0.15, 0.2) is 0 Å². The molecule has 5 nitrogen and oxygen atoms in total. The third-order valence-electron chi connectivity index (χ3n) is 3.29. The van der Waals surface area contributed by atoms with Crippen LogP contribution in [-0.4, -0.2) is 45.1 Å². The largest absolute Gasteiger partial charge is 0.505 e. The van der Waals surface area contributed by atoms with E-state index in [2.05, 4.69) is 10.2 Å². The van der Waals surface area contributed by atoms with Gasteiger partial charge in [-0.2, -0.15) is 0 Å². The molecule has 0 aromatic carbocycles. The second kappa shape index (κ2) is 10.3. The van der Waals surface area contributed by atoms with Crippen LogP contribution in [0.15, 0.2) is 24.1 Å². The van der Waals surface area contributed by atoms with Crippen molar-refractivity contribution in [2.75, 3.05) is 34.3 Å². The average molecular weight is 297 g/mol. The first-order chi connectivity index (χ1) is 9.81. The highest BCUT2D eigenvalue weighted by Crippen LogP contribution is 2.26. The Bertz CT molecular complexity index is 361. The Morgan fingerprint density at radius 1 is 1.43 bits per heavy atom. The Hall–Kier alpha value is -1.49. The van der Waals surface area contributed by atoms with E-state index in [0.29, 0.717) is 13.0 Å². The van der Waals surface area contributed by atoms with E-state index in [9.17, 15) is 4.79 Å². The van der Waals surface area contributed by atoms with Crippen molar-refractivity contribution in [1.82, 2.24) is 10.2 Å². The highest BCUT2D eigenvalue weighted by molar-refractivity contribution is 5.84. The predicted molar refractivity (Wildman–Crippen MR) is 87.6 cm³/mol. The first-order valence-electron chi connectivity index (χ1n) is 7.37. The number of rotatable bonds is 10. The number of carbonyl (C=O) groups excluding carboxylic acids is 1. The minimum atomic E-state index is -0.583. The molecule has 0 heterocycles. The van der Waals surface area contributed by atoms with Crippen LogP contribution in [0.1, 0.15) is 33.1 Å². The van der Waals surface area contributed by atoms with Gasteiger partial charge in [-0.15, -0.1) is 0 Å². The van der Waals surface area contributed by atoms with Crippen molar-refractivity contribution in [2.45, 2.75) is 33.1 Å². The summed E-state index contributed by atoms with van der Waals surface area (Å²) in [4.78, 5) is 14.5. The van der Waals surface area contributed by atoms with Crippen LogP contribution in [-0.2, 0) is 9.53 Å². The van der Waals surface area contributed by atoms with Crippen LogP contribution >= 0.6 is 0 Å². The fourth-order valence-corrected chi connectivity index (χ4v) is 1.89. The van der Waals surface area contributed by atoms with Gasteiger partial charge in [0.05, 0.1) is 18.8 Å². The summed E-state index contributed by atoms with van der Waals surface area (Å²) in [5, 5.41) is 3.00. The number of amides is 1. The van der Waals surface area contributed by atoms with Crippen LogP contribution in [0.3, 0.4) is 0 Å². The molecule has 1 atom stereocenters. The summed E-state index contributed by atoms with van der Waals surface area (Å²) in [6.45, 7) is 5.41. The van der Waals surface area contributed by atoms with E-state index in [-0.39, 0.29) is 5.91 Å². The monoisotopic (exact) mass is 297 g/mol. The molecule has 0 aliphatic rings. The summed E-state index contributed by atoms with van der Waals surface area (Å²) in [5.74, 6) is 0.0256. The molecule has 0 bridgehead atoms. The highest BCUT2D eigenvalue weighted by Gasteiger charge is 2.29. The van der Waals surface area contributed by atoms with Crippen LogP contribution in [0, 0.1) is 5.41 Å². The topological polar surface area (TPSA) is 67.6 Å². The van der Waals surface area contributed by atoms with Crippen LogP contribution in [0.4, 0.5) is 0 Å². The van der Waals surface area contributed by atoms with E-state index in [1.807, 2.05) is 40.1 Å². The Morgan fingerprint density at radius 3 is 2.62 bits per heavy atom. The van der Waals surface area contributed by atoms with E-state index in [0.717, 1.165) is 25.1 Å². The number of allylic oxidation sites excluding steroid dienone is 2. The van der Waals surface area contributed by atoms with Crippen LogP contribution in [0.5, 0.6) is 0 Å². The molecule has 0 aliphatic heterocycles. The van der Waals surface area contributed by atoms with Crippen molar-refractivity contribution in [2.24, 2.45) is 11.1 Å². The van der Waals surface area contributed by atoms with Crippen molar-refractivity contribution < 1.29 is 9.53 Å². The first-order valence-corrected chi connectivity index (χ1v) is 7.37. The van der Waals surface area contributed by atoms with Gasteiger partial charge in [-0.05, 0) is 59.8 Å². The van der Waals surface area contributed by atoms with Gasteiger partial charge in [0.1, 0.15) is 0 Å². The summed E-state index contributed by atoms with van der Waals surface area (Å²) in [6.07, 6.45) is 7.72. The summed E-state index contributed by atoms with van der Waals surface area (Å²) < 4.78 is 4.96. The van der Waals surface area contributed by atoms with Crippen LogP contribution in [0.2, 0.25) is 0 Å². The Kier molecular flexibility index (Phi) is 9.54. The number of hydrogen-bond acceptors (Lipinski definition) is 4. The zero-order valence-corrected chi connectivity index (χ0v) is 14.1. The van der Waals surface area contributed by atoms with E-state index in [4.69, 9.17) is 10.5 Å². The van der Waals surface area contributed by atoms with Gasteiger partial charge < -0.3 is 20.7 Å². The molecule has 21 heavy (non-hydrogen) atoms. The lowest BCUT2D eigenvalue weighted by Crippen LogP contribution is -2.38. The molecule has 1 unspecified atom stereocenters. The second-order valence-electron chi connectivity index (χ2n) is 5.86. The van der Waals surface area contributed by atoms with Gasteiger partial charge in [0.2, 0.25) is 5.91 Å². The zero-order chi connectivity index (χ0) is 16.3. The van der Waals surface area contributed by atoms with Crippen molar-refractivity contribution in [3.8, 4) is 0 Å². The maximum Gasteiger partial charge on any atom is 0.229 e. The molecule has 0 saturated carbocycles. The highest BCUT2D eigenvalue weighted by atomic mass is 16.5. The zero-order valence-electron chi connectivity index (χ0n) is 14.1. The SMILES string of the molecule is CO/C=C/C(C)(CC/C=C(\C)N)C(=O)NCCCN(C)C. The smallest absolute Gasteiger partial charge is 0.229 e. The molecule has 0 rings (SSSR count). The van der Waals surface area contributed by atoms with E-state index >= 15 is 0 Å². The Morgan fingerprint density at radius 2 is 2.10 bits per heavy atom. The standard InChI is InChI=1S/C16H31N3O2/c1-14(17)8-6-9-16(2,10-13-21-5)15(20)18-11-7-12-19(3)4/h8,10,13H,6-7,9,11-12,17H2,1-5H3,(H,18,20)/b13-10+,14-8+. The molecule has 0 aliphatic carbocycles. The minimum absolute atomic E-state index is 0.0256.